The van der Waals surface area contributed by atoms with E-state index in [-0.39, 0.29) is 0 Å². The predicted molar refractivity (Wildman–Crippen MR) is 83.9 cm³/mol. The van der Waals surface area contributed by atoms with Crippen LogP contribution in [0.4, 0.5) is 5.69 Å². The van der Waals surface area contributed by atoms with Crippen molar-refractivity contribution in [2.24, 2.45) is 0 Å². The van der Waals surface area contributed by atoms with Gasteiger partial charge in [-0.3, -0.25) is 0 Å². The topological polar surface area (TPSA) is 15.3 Å². The molecular formula is C17H28N2. The third-order valence-electron chi connectivity index (χ3n) is 3.96. The molecule has 2 rings (SSSR count). The molecule has 0 aliphatic heterocycles. The van der Waals surface area contributed by atoms with Crippen molar-refractivity contribution in [1.29, 1.82) is 0 Å². The van der Waals surface area contributed by atoms with E-state index in [2.05, 4.69) is 55.3 Å². The van der Waals surface area contributed by atoms with Crippen LogP contribution in [0.1, 0.15) is 45.1 Å². The van der Waals surface area contributed by atoms with E-state index in [4.69, 9.17) is 0 Å². The fourth-order valence-electron chi connectivity index (χ4n) is 2.75. The molecule has 0 amide bonds. The van der Waals surface area contributed by atoms with Crippen molar-refractivity contribution in [2.75, 3.05) is 18.0 Å². The summed E-state index contributed by atoms with van der Waals surface area (Å²) < 4.78 is 0. The SMILES string of the molecule is CCCC(CNC1CC1)N(CC)c1cccc(C)c1. The van der Waals surface area contributed by atoms with E-state index >= 15 is 0 Å². The Hall–Kier alpha value is -1.02. The van der Waals surface area contributed by atoms with E-state index in [1.807, 2.05) is 0 Å². The van der Waals surface area contributed by atoms with E-state index < -0.39 is 0 Å². The molecule has 0 bridgehead atoms. The molecule has 0 radical (unpaired) electrons. The lowest BCUT2D eigenvalue weighted by atomic mass is 10.1. The lowest BCUT2D eigenvalue weighted by Crippen LogP contribution is -2.43. The smallest absolute Gasteiger partial charge is 0.0414 e. The van der Waals surface area contributed by atoms with Crippen molar-refractivity contribution in [3.8, 4) is 0 Å². The molecule has 0 saturated heterocycles. The molecule has 1 fully saturated rings. The minimum atomic E-state index is 0.623. The Kier molecular flexibility index (Phi) is 5.26. The zero-order valence-electron chi connectivity index (χ0n) is 12.7. The molecule has 19 heavy (non-hydrogen) atoms. The first-order valence-corrected chi connectivity index (χ1v) is 7.81. The van der Waals surface area contributed by atoms with Gasteiger partial charge in [-0.25, -0.2) is 0 Å². The van der Waals surface area contributed by atoms with Gasteiger partial charge in [0.2, 0.25) is 0 Å². The highest BCUT2D eigenvalue weighted by Gasteiger charge is 2.23. The van der Waals surface area contributed by atoms with Crippen molar-refractivity contribution in [3.05, 3.63) is 29.8 Å². The monoisotopic (exact) mass is 260 g/mol. The second kappa shape index (κ2) is 6.95. The average Bonchev–Trinajstić information content (AvgIpc) is 3.21. The van der Waals surface area contributed by atoms with Crippen LogP contribution in [-0.2, 0) is 0 Å². The maximum absolute atomic E-state index is 3.70. The molecule has 0 spiro atoms. The van der Waals surface area contributed by atoms with Crippen molar-refractivity contribution < 1.29 is 0 Å². The largest absolute Gasteiger partial charge is 0.368 e. The number of nitrogens with one attached hydrogen (secondary N) is 1. The standard InChI is InChI=1S/C17H28N2/c1-4-7-17(13-18-15-10-11-15)19(5-2)16-9-6-8-14(3)12-16/h6,8-9,12,15,17-18H,4-5,7,10-11,13H2,1-3H3. The third-order valence-corrected chi connectivity index (χ3v) is 3.96. The molecule has 2 heteroatoms. The van der Waals surface area contributed by atoms with Gasteiger partial charge in [0.25, 0.3) is 0 Å². The highest BCUT2D eigenvalue weighted by molar-refractivity contribution is 5.49. The minimum Gasteiger partial charge on any atom is -0.368 e. The fourth-order valence-corrected chi connectivity index (χ4v) is 2.75. The molecule has 2 nitrogen and oxygen atoms in total. The Balaban J connectivity index is 2.05. The summed E-state index contributed by atoms with van der Waals surface area (Å²) >= 11 is 0. The van der Waals surface area contributed by atoms with Crippen molar-refractivity contribution >= 4 is 5.69 Å². The molecule has 1 unspecified atom stereocenters. The van der Waals surface area contributed by atoms with Crippen LogP contribution in [0.2, 0.25) is 0 Å². The number of anilines is 1. The molecule has 0 aromatic heterocycles. The molecule has 0 heterocycles. The summed E-state index contributed by atoms with van der Waals surface area (Å²) in [6.45, 7) is 8.94. The first-order chi connectivity index (χ1) is 9.24. The van der Waals surface area contributed by atoms with Crippen LogP contribution < -0.4 is 10.2 Å². The third kappa shape index (κ3) is 4.24. The number of benzene rings is 1. The second-order valence-electron chi connectivity index (χ2n) is 5.75. The molecule has 1 aromatic rings. The van der Waals surface area contributed by atoms with Gasteiger partial charge in [-0.15, -0.1) is 0 Å². The van der Waals surface area contributed by atoms with Gasteiger partial charge in [-0.2, -0.15) is 0 Å². The summed E-state index contributed by atoms with van der Waals surface area (Å²) in [5.41, 5.74) is 2.72. The maximum atomic E-state index is 3.70. The summed E-state index contributed by atoms with van der Waals surface area (Å²) in [6.07, 6.45) is 5.26. The molecule has 1 aromatic carbocycles. The van der Waals surface area contributed by atoms with Gasteiger partial charge in [-0.1, -0.05) is 25.5 Å². The Morgan fingerprint density at radius 1 is 1.32 bits per heavy atom. The normalized spacial score (nSPS) is 16.4. The van der Waals surface area contributed by atoms with E-state index in [1.54, 1.807) is 0 Å². The molecule has 1 aliphatic carbocycles. The van der Waals surface area contributed by atoms with Gasteiger partial charge in [0.05, 0.1) is 0 Å². The van der Waals surface area contributed by atoms with Crippen molar-refractivity contribution in [2.45, 2.75) is 58.5 Å². The van der Waals surface area contributed by atoms with Crippen LogP contribution in [0.3, 0.4) is 0 Å². The quantitative estimate of drug-likeness (QED) is 0.766. The molecule has 1 N–H and O–H groups in total. The van der Waals surface area contributed by atoms with Crippen molar-refractivity contribution in [1.82, 2.24) is 5.32 Å². The van der Waals surface area contributed by atoms with Gasteiger partial charge in [0.1, 0.15) is 0 Å². The lowest BCUT2D eigenvalue weighted by Gasteiger charge is -2.33. The summed E-state index contributed by atoms with van der Waals surface area (Å²) in [5, 5.41) is 3.70. The van der Waals surface area contributed by atoms with Crippen molar-refractivity contribution in [3.63, 3.8) is 0 Å². The van der Waals surface area contributed by atoms with Crippen LogP contribution in [0.5, 0.6) is 0 Å². The first kappa shape index (κ1) is 14.4. The van der Waals surface area contributed by atoms with Crippen LogP contribution in [0.25, 0.3) is 0 Å². The maximum Gasteiger partial charge on any atom is 0.0414 e. The van der Waals surface area contributed by atoms with Gasteiger partial charge in [0, 0.05) is 30.9 Å². The van der Waals surface area contributed by atoms with Gasteiger partial charge in [0.15, 0.2) is 0 Å². The Morgan fingerprint density at radius 3 is 2.68 bits per heavy atom. The van der Waals surface area contributed by atoms with E-state index in [1.165, 1.54) is 36.9 Å². The second-order valence-corrected chi connectivity index (χ2v) is 5.75. The highest BCUT2D eigenvalue weighted by atomic mass is 15.2. The molecule has 1 saturated carbocycles. The molecule has 1 aliphatic rings. The summed E-state index contributed by atoms with van der Waals surface area (Å²) in [5.74, 6) is 0. The zero-order chi connectivity index (χ0) is 13.7. The number of rotatable bonds is 8. The summed E-state index contributed by atoms with van der Waals surface area (Å²) in [7, 11) is 0. The number of hydrogen-bond acceptors (Lipinski definition) is 2. The Morgan fingerprint density at radius 2 is 2.11 bits per heavy atom. The van der Waals surface area contributed by atoms with E-state index in [0.717, 1.165) is 19.1 Å². The number of likely N-dealkylation sites (N-methyl/N-ethyl adjacent to an activating group) is 1. The Bertz CT molecular complexity index is 385. The lowest BCUT2D eigenvalue weighted by molar-refractivity contribution is 0.502. The summed E-state index contributed by atoms with van der Waals surface area (Å²) in [4.78, 5) is 2.56. The zero-order valence-corrected chi connectivity index (χ0v) is 12.7. The van der Waals surface area contributed by atoms with Gasteiger partial charge < -0.3 is 10.2 Å². The summed E-state index contributed by atoms with van der Waals surface area (Å²) in [6, 6.07) is 10.3. The van der Waals surface area contributed by atoms with Gasteiger partial charge in [-0.05, 0) is 50.8 Å². The van der Waals surface area contributed by atoms with Gasteiger partial charge >= 0.3 is 0 Å². The van der Waals surface area contributed by atoms with Crippen LogP contribution in [-0.4, -0.2) is 25.2 Å². The fraction of sp³-hybridized carbons (Fsp3) is 0.647. The van der Waals surface area contributed by atoms with Crippen LogP contribution in [0, 0.1) is 6.92 Å². The molecule has 106 valence electrons. The Labute approximate surface area is 118 Å². The highest BCUT2D eigenvalue weighted by Crippen LogP contribution is 2.22. The molecular weight excluding hydrogens is 232 g/mol. The minimum absolute atomic E-state index is 0.623. The number of nitrogens with zero attached hydrogens (tertiary/aromatic N) is 1. The van der Waals surface area contributed by atoms with E-state index in [0.29, 0.717) is 6.04 Å². The van der Waals surface area contributed by atoms with Crippen LogP contribution >= 0.6 is 0 Å². The molecule has 1 atom stereocenters. The van der Waals surface area contributed by atoms with Crippen LogP contribution in [0.15, 0.2) is 24.3 Å². The number of hydrogen-bond donors (Lipinski definition) is 1. The van der Waals surface area contributed by atoms with E-state index in [9.17, 15) is 0 Å². The average molecular weight is 260 g/mol. The number of aryl methyl sites for hydroxylation is 1. The predicted octanol–water partition coefficient (Wildman–Crippen LogP) is 3.74. The first-order valence-electron chi connectivity index (χ1n) is 7.81.